The van der Waals surface area contributed by atoms with Crippen LogP contribution in [0.25, 0.3) is 0 Å². The van der Waals surface area contributed by atoms with Crippen LogP contribution in [0.4, 0.5) is 0 Å². The Balaban J connectivity index is 1.86. The Morgan fingerprint density at radius 2 is 1.89 bits per heavy atom. The molecule has 106 valence electrons. The summed E-state index contributed by atoms with van der Waals surface area (Å²) < 4.78 is 0. The predicted molar refractivity (Wildman–Crippen MR) is 83.3 cm³/mol. The van der Waals surface area contributed by atoms with Crippen LogP contribution in [0.3, 0.4) is 0 Å². The average molecular weight is 259 g/mol. The highest BCUT2D eigenvalue weighted by Gasteiger charge is 2.32. The molecule has 1 aliphatic rings. The van der Waals surface area contributed by atoms with Crippen LogP contribution in [0.5, 0.6) is 0 Å². The van der Waals surface area contributed by atoms with E-state index in [1.807, 2.05) is 0 Å². The minimum Gasteiger partial charge on any atom is -0.311 e. The van der Waals surface area contributed by atoms with E-state index >= 15 is 0 Å². The van der Waals surface area contributed by atoms with Crippen molar-refractivity contribution in [3.05, 3.63) is 35.9 Å². The van der Waals surface area contributed by atoms with Crippen molar-refractivity contribution in [3.63, 3.8) is 0 Å². The van der Waals surface area contributed by atoms with Gasteiger partial charge in [-0.3, -0.25) is 0 Å². The van der Waals surface area contributed by atoms with Gasteiger partial charge >= 0.3 is 0 Å². The Labute approximate surface area is 118 Å². The van der Waals surface area contributed by atoms with E-state index in [2.05, 4.69) is 63.3 Å². The quantitative estimate of drug-likeness (QED) is 0.844. The lowest BCUT2D eigenvalue weighted by Crippen LogP contribution is -2.44. The van der Waals surface area contributed by atoms with Crippen molar-refractivity contribution >= 4 is 0 Å². The standard InChI is InChI=1S/C18H29N/c1-14-10-17(13-18(3,4)12-14)19-15(2)11-16-8-6-5-7-9-16/h5-9,14-15,17,19H,10-13H2,1-4H3. The van der Waals surface area contributed by atoms with Gasteiger partial charge in [0.2, 0.25) is 0 Å². The summed E-state index contributed by atoms with van der Waals surface area (Å²) in [5.74, 6) is 0.852. The fourth-order valence-corrected chi connectivity index (χ4v) is 3.90. The smallest absolute Gasteiger partial charge is 0.00817 e. The summed E-state index contributed by atoms with van der Waals surface area (Å²) in [4.78, 5) is 0. The normalized spacial score (nSPS) is 28.0. The van der Waals surface area contributed by atoms with Crippen LogP contribution in [-0.2, 0) is 6.42 Å². The van der Waals surface area contributed by atoms with Crippen molar-refractivity contribution in [1.29, 1.82) is 0 Å². The van der Waals surface area contributed by atoms with Crippen LogP contribution >= 0.6 is 0 Å². The molecule has 0 bridgehead atoms. The predicted octanol–water partition coefficient (Wildman–Crippen LogP) is 4.42. The summed E-state index contributed by atoms with van der Waals surface area (Å²) in [6, 6.07) is 12.1. The summed E-state index contributed by atoms with van der Waals surface area (Å²) in [5.41, 5.74) is 1.94. The first-order valence-electron chi connectivity index (χ1n) is 7.74. The van der Waals surface area contributed by atoms with Crippen LogP contribution in [0.15, 0.2) is 30.3 Å². The van der Waals surface area contributed by atoms with E-state index in [4.69, 9.17) is 0 Å². The van der Waals surface area contributed by atoms with Gasteiger partial charge in [-0.25, -0.2) is 0 Å². The lowest BCUT2D eigenvalue weighted by atomic mass is 9.70. The van der Waals surface area contributed by atoms with Gasteiger partial charge in [0.05, 0.1) is 0 Å². The Bertz CT molecular complexity index is 382. The molecule has 0 spiro atoms. The Morgan fingerprint density at radius 3 is 2.53 bits per heavy atom. The first-order chi connectivity index (χ1) is 8.94. The summed E-state index contributed by atoms with van der Waals surface area (Å²) in [6.07, 6.45) is 5.16. The number of hydrogen-bond donors (Lipinski definition) is 1. The van der Waals surface area contributed by atoms with E-state index in [9.17, 15) is 0 Å². The van der Waals surface area contributed by atoms with Gasteiger partial charge in [-0.15, -0.1) is 0 Å². The molecular weight excluding hydrogens is 230 g/mol. The zero-order valence-corrected chi connectivity index (χ0v) is 12.9. The molecule has 1 aliphatic carbocycles. The Kier molecular flexibility index (Phi) is 4.67. The largest absolute Gasteiger partial charge is 0.311 e. The highest BCUT2D eigenvalue weighted by molar-refractivity contribution is 5.15. The summed E-state index contributed by atoms with van der Waals surface area (Å²) in [7, 11) is 0. The van der Waals surface area contributed by atoms with Crippen LogP contribution < -0.4 is 5.32 Å². The zero-order chi connectivity index (χ0) is 13.9. The number of nitrogens with one attached hydrogen (secondary N) is 1. The van der Waals surface area contributed by atoms with E-state index in [0.29, 0.717) is 17.5 Å². The van der Waals surface area contributed by atoms with Gasteiger partial charge in [0.25, 0.3) is 0 Å². The summed E-state index contributed by atoms with van der Waals surface area (Å²) >= 11 is 0. The van der Waals surface area contributed by atoms with Crippen molar-refractivity contribution in [3.8, 4) is 0 Å². The molecule has 3 atom stereocenters. The Hall–Kier alpha value is -0.820. The second kappa shape index (κ2) is 6.09. The molecule has 2 rings (SSSR count). The molecule has 0 amide bonds. The molecule has 1 N–H and O–H groups in total. The van der Waals surface area contributed by atoms with Crippen molar-refractivity contribution in [2.45, 2.75) is 65.5 Å². The second-order valence-corrected chi connectivity index (χ2v) is 7.37. The lowest BCUT2D eigenvalue weighted by molar-refractivity contribution is 0.145. The van der Waals surface area contributed by atoms with Crippen LogP contribution in [-0.4, -0.2) is 12.1 Å². The minimum atomic E-state index is 0.502. The minimum absolute atomic E-state index is 0.502. The number of rotatable bonds is 4. The maximum absolute atomic E-state index is 3.85. The Morgan fingerprint density at radius 1 is 1.21 bits per heavy atom. The van der Waals surface area contributed by atoms with Gasteiger partial charge in [0.1, 0.15) is 0 Å². The third-order valence-corrected chi connectivity index (χ3v) is 4.29. The van der Waals surface area contributed by atoms with E-state index in [1.165, 1.54) is 24.8 Å². The molecule has 1 aromatic carbocycles. The van der Waals surface area contributed by atoms with Crippen molar-refractivity contribution in [1.82, 2.24) is 5.32 Å². The van der Waals surface area contributed by atoms with Crippen LogP contribution in [0.1, 0.15) is 52.5 Å². The molecule has 1 fully saturated rings. The maximum Gasteiger partial charge on any atom is 0.00817 e. The lowest BCUT2D eigenvalue weighted by Gasteiger charge is -2.40. The molecule has 0 aliphatic heterocycles. The van der Waals surface area contributed by atoms with E-state index in [-0.39, 0.29) is 0 Å². The average Bonchev–Trinajstić information content (AvgIpc) is 2.26. The number of benzene rings is 1. The third-order valence-electron chi connectivity index (χ3n) is 4.29. The molecule has 1 nitrogen and oxygen atoms in total. The number of hydrogen-bond acceptors (Lipinski definition) is 1. The topological polar surface area (TPSA) is 12.0 Å². The fraction of sp³-hybridized carbons (Fsp3) is 0.667. The second-order valence-electron chi connectivity index (χ2n) is 7.37. The molecule has 1 saturated carbocycles. The van der Waals surface area contributed by atoms with Crippen molar-refractivity contribution in [2.24, 2.45) is 11.3 Å². The first kappa shape index (κ1) is 14.6. The SMILES string of the molecule is CC1CC(NC(C)Cc2ccccc2)CC(C)(C)C1. The van der Waals surface area contributed by atoms with E-state index in [0.717, 1.165) is 12.3 Å². The molecule has 0 radical (unpaired) electrons. The van der Waals surface area contributed by atoms with Gasteiger partial charge in [0, 0.05) is 12.1 Å². The van der Waals surface area contributed by atoms with Gasteiger partial charge in [0.15, 0.2) is 0 Å². The van der Waals surface area contributed by atoms with Crippen molar-refractivity contribution in [2.75, 3.05) is 0 Å². The van der Waals surface area contributed by atoms with Gasteiger partial charge in [-0.2, -0.15) is 0 Å². The molecule has 1 heteroatoms. The molecule has 0 heterocycles. The highest BCUT2D eigenvalue weighted by Crippen LogP contribution is 2.38. The van der Waals surface area contributed by atoms with Gasteiger partial charge in [-0.05, 0) is 49.5 Å². The maximum atomic E-state index is 3.85. The molecule has 0 aromatic heterocycles. The van der Waals surface area contributed by atoms with E-state index in [1.54, 1.807) is 0 Å². The zero-order valence-electron chi connectivity index (χ0n) is 12.9. The fourth-order valence-electron chi connectivity index (χ4n) is 3.90. The van der Waals surface area contributed by atoms with Gasteiger partial charge in [-0.1, -0.05) is 51.1 Å². The molecule has 3 unspecified atom stereocenters. The van der Waals surface area contributed by atoms with Crippen molar-refractivity contribution < 1.29 is 0 Å². The van der Waals surface area contributed by atoms with Crippen LogP contribution in [0, 0.1) is 11.3 Å². The molecule has 1 aromatic rings. The van der Waals surface area contributed by atoms with E-state index < -0.39 is 0 Å². The summed E-state index contributed by atoms with van der Waals surface area (Å²) in [6.45, 7) is 9.55. The monoisotopic (exact) mass is 259 g/mol. The molecular formula is C18H29N. The highest BCUT2D eigenvalue weighted by atomic mass is 14.9. The summed E-state index contributed by atoms with van der Waals surface area (Å²) in [5, 5.41) is 3.85. The molecule has 0 saturated heterocycles. The molecule has 19 heavy (non-hydrogen) atoms. The first-order valence-corrected chi connectivity index (χ1v) is 7.74. The third kappa shape index (κ3) is 4.65. The van der Waals surface area contributed by atoms with Crippen LogP contribution in [0.2, 0.25) is 0 Å². The van der Waals surface area contributed by atoms with Gasteiger partial charge < -0.3 is 5.32 Å².